The van der Waals surface area contributed by atoms with E-state index in [1.807, 2.05) is 60.7 Å². The number of phenols is 1. The van der Waals surface area contributed by atoms with Crippen LogP contribution in [0.15, 0.2) is 71.7 Å². The highest BCUT2D eigenvalue weighted by molar-refractivity contribution is 6.30. The maximum Gasteiger partial charge on any atom is 0.162 e. The van der Waals surface area contributed by atoms with Crippen LogP contribution in [0, 0.1) is 0 Å². The Balaban J connectivity index is 1.76. The number of hydrogen-bond acceptors (Lipinski definition) is 4. The average Bonchev–Trinajstić information content (AvgIpc) is 2.74. The molecule has 1 aliphatic heterocycles. The summed E-state index contributed by atoms with van der Waals surface area (Å²) in [4.78, 5) is 4.94. The second kappa shape index (κ2) is 8.46. The van der Waals surface area contributed by atoms with Crippen LogP contribution in [0.25, 0.3) is 0 Å². The van der Waals surface area contributed by atoms with Gasteiger partial charge in [-0.1, -0.05) is 59.6 Å². The normalized spacial score (nSPS) is 18.9. The van der Waals surface area contributed by atoms with Gasteiger partial charge in [-0.05, 0) is 41.5 Å². The van der Waals surface area contributed by atoms with Crippen molar-refractivity contribution in [2.75, 3.05) is 7.11 Å². The minimum absolute atomic E-state index is 0.139. The molecule has 2 atom stereocenters. The highest BCUT2D eigenvalue weighted by Crippen LogP contribution is 2.38. The number of para-hydroxylation sites is 1. The Labute approximate surface area is 179 Å². The van der Waals surface area contributed by atoms with Crippen LogP contribution in [0.2, 0.25) is 10.0 Å². The third-order valence-corrected chi connectivity index (χ3v) is 5.53. The number of nitrogens with one attached hydrogen (secondary N) is 1. The van der Waals surface area contributed by atoms with Crippen molar-refractivity contribution in [3.8, 4) is 11.5 Å². The molecule has 3 aromatic carbocycles. The highest BCUT2D eigenvalue weighted by atomic mass is 35.5. The van der Waals surface area contributed by atoms with Gasteiger partial charge in [0, 0.05) is 33.8 Å². The number of aromatic hydroxyl groups is 1. The van der Waals surface area contributed by atoms with E-state index in [9.17, 15) is 5.11 Å². The fraction of sp³-hybridized carbons (Fsp3) is 0.174. The molecule has 4 nitrogen and oxygen atoms in total. The Morgan fingerprint density at radius 2 is 1.62 bits per heavy atom. The third kappa shape index (κ3) is 4.25. The van der Waals surface area contributed by atoms with Crippen molar-refractivity contribution in [1.82, 2.24) is 5.32 Å². The van der Waals surface area contributed by atoms with Gasteiger partial charge < -0.3 is 9.84 Å². The molecular formula is C23H20Cl2N2O2. The quantitative estimate of drug-likeness (QED) is 0.543. The van der Waals surface area contributed by atoms with Gasteiger partial charge in [0.1, 0.15) is 6.17 Å². The number of rotatable bonds is 4. The Morgan fingerprint density at radius 3 is 2.28 bits per heavy atom. The summed E-state index contributed by atoms with van der Waals surface area (Å²) in [6.45, 7) is 0. The molecular weight excluding hydrogens is 407 g/mol. The molecule has 29 heavy (non-hydrogen) atoms. The van der Waals surface area contributed by atoms with E-state index < -0.39 is 0 Å². The average molecular weight is 427 g/mol. The minimum atomic E-state index is -0.276. The lowest BCUT2D eigenvalue weighted by molar-refractivity contribution is 0.360. The zero-order chi connectivity index (χ0) is 20.4. The molecule has 1 heterocycles. The molecule has 0 radical (unpaired) electrons. The minimum Gasteiger partial charge on any atom is -0.504 e. The van der Waals surface area contributed by atoms with E-state index in [0.717, 1.165) is 22.4 Å². The molecule has 0 amide bonds. The number of halogens is 2. The molecule has 4 rings (SSSR count). The Bertz CT molecular complexity index is 1030. The van der Waals surface area contributed by atoms with E-state index in [1.54, 1.807) is 13.2 Å². The number of aliphatic imine (C=N–C) groups is 1. The molecule has 6 heteroatoms. The topological polar surface area (TPSA) is 53.8 Å². The lowest BCUT2D eigenvalue weighted by atomic mass is 9.93. The van der Waals surface area contributed by atoms with Crippen molar-refractivity contribution in [1.29, 1.82) is 0 Å². The van der Waals surface area contributed by atoms with Crippen molar-refractivity contribution in [3.63, 3.8) is 0 Å². The van der Waals surface area contributed by atoms with Gasteiger partial charge in [0.05, 0.1) is 7.11 Å². The van der Waals surface area contributed by atoms with E-state index in [2.05, 4.69) is 5.32 Å². The summed E-state index contributed by atoms with van der Waals surface area (Å²) in [6, 6.07) is 20.6. The molecule has 2 N–H and O–H groups in total. The van der Waals surface area contributed by atoms with Crippen molar-refractivity contribution in [3.05, 3.63) is 93.5 Å². The van der Waals surface area contributed by atoms with Gasteiger partial charge in [-0.3, -0.25) is 10.3 Å². The second-order valence-electron chi connectivity index (χ2n) is 6.86. The molecule has 0 unspecified atom stereocenters. The van der Waals surface area contributed by atoms with Crippen LogP contribution < -0.4 is 10.1 Å². The first kappa shape index (κ1) is 19.8. The summed E-state index contributed by atoms with van der Waals surface area (Å²) in [5.74, 6) is 0.586. The predicted molar refractivity (Wildman–Crippen MR) is 117 cm³/mol. The van der Waals surface area contributed by atoms with Crippen LogP contribution in [0.4, 0.5) is 0 Å². The Hall–Kier alpha value is -2.53. The third-order valence-electron chi connectivity index (χ3n) is 5.03. The SMILES string of the molecule is COc1cccc([C@H]2CC(c3ccc(Cl)cc3)=N[C@H](c3ccc(Cl)cc3)N2)c1O. The second-order valence-corrected chi connectivity index (χ2v) is 7.73. The van der Waals surface area contributed by atoms with Crippen LogP contribution in [-0.2, 0) is 0 Å². The molecule has 0 saturated heterocycles. The van der Waals surface area contributed by atoms with E-state index in [4.69, 9.17) is 32.9 Å². The number of benzene rings is 3. The first-order valence-electron chi connectivity index (χ1n) is 9.25. The highest BCUT2D eigenvalue weighted by Gasteiger charge is 2.28. The van der Waals surface area contributed by atoms with Gasteiger partial charge in [-0.15, -0.1) is 0 Å². The zero-order valence-corrected chi connectivity index (χ0v) is 17.3. The molecule has 0 saturated carbocycles. The summed E-state index contributed by atoms with van der Waals surface area (Å²) in [6.07, 6.45) is 0.342. The van der Waals surface area contributed by atoms with Crippen LogP contribution in [0.3, 0.4) is 0 Å². The molecule has 3 aromatic rings. The van der Waals surface area contributed by atoms with E-state index in [1.165, 1.54) is 0 Å². The zero-order valence-electron chi connectivity index (χ0n) is 15.8. The monoisotopic (exact) mass is 426 g/mol. The van der Waals surface area contributed by atoms with Crippen LogP contribution >= 0.6 is 23.2 Å². The van der Waals surface area contributed by atoms with E-state index in [0.29, 0.717) is 22.2 Å². The summed E-state index contributed by atoms with van der Waals surface area (Å²) in [5, 5.41) is 15.6. The van der Waals surface area contributed by atoms with Gasteiger partial charge in [-0.25, -0.2) is 0 Å². The number of phenolic OH excluding ortho intramolecular Hbond substituents is 1. The molecule has 1 aliphatic rings. The van der Waals surface area contributed by atoms with E-state index >= 15 is 0 Å². The Morgan fingerprint density at radius 1 is 0.966 bits per heavy atom. The number of methoxy groups -OCH3 is 1. The van der Waals surface area contributed by atoms with Crippen LogP contribution in [0.1, 0.15) is 35.3 Å². The number of ether oxygens (including phenoxy) is 1. The molecule has 0 spiro atoms. The summed E-state index contributed by atoms with van der Waals surface area (Å²) >= 11 is 12.1. The van der Waals surface area contributed by atoms with E-state index in [-0.39, 0.29) is 18.0 Å². The molecule has 0 aromatic heterocycles. The standard InChI is InChI=1S/C23H20Cl2N2O2/c1-29-21-4-2-3-18(22(21)28)20-13-19(14-5-9-16(24)10-6-14)26-23(27-20)15-7-11-17(25)12-8-15/h2-12,20,23,27-28H,13H2,1H3/t20-,23+/m1/s1. The summed E-state index contributed by atoms with van der Waals surface area (Å²) < 4.78 is 5.29. The Kier molecular flexibility index (Phi) is 5.76. The van der Waals surface area contributed by atoms with Gasteiger partial charge in [0.2, 0.25) is 0 Å². The maximum atomic E-state index is 10.7. The van der Waals surface area contributed by atoms with Crippen molar-refractivity contribution in [2.45, 2.75) is 18.6 Å². The molecule has 0 bridgehead atoms. The van der Waals surface area contributed by atoms with Gasteiger partial charge in [0.25, 0.3) is 0 Å². The fourth-order valence-electron chi connectivity index (χ4n) is 3.52. The van der Waals surface area contributed by atoms with Gasteiger partial charge in [0.15, 0.2) is 11.5 Å². The van der Waals surface area contributed by atoms with Crippen LogP contribution in [0.5, 0.6) is 11.5 Å². The van der Waals surface area contributed by atoms with Crippen molar-refractivity contribution < 1.29 is 9.84 Å². The van der Waals surface area contributed by atoms with Crippen LogP contribution in [-0.4, -0.2) is 17.9 Å². The van der Waals surface area contributed by atoms with Crippen molar-refractivity contribution in [2.24, 2.45) is 4.99 Å². The number of nitrogens with zero attached hydrogens (tertiary/aromatic N) is 1. The summed E-state index contributed by atoms with van der Waals surface area (Å²) in [5.41, 5.74) is 3.70. The first-order valence-corrected chi connectivity index (χ1v) is 10.0. The fourth-order valence-corrected chi connectivity index (χ4v) is 3.78. The first-order chi connectivity index (χ1) is 14.0. The van der Waals surface area contributed by atoms with Crippen molar-refractivity contribution >= 4 is 28.9 Å². The summed E-state index contributed by atoms with van der Waals surface area (Å²) in [7, 11) is 1.55. The maximum absolute atomic E-state index is 10.7. The molecule has 0 aliphatic carbocycles. The lowest BCUT2D eigenvalue weighted by Crippen LogP contribution is -2.33. The lowest BCUT2D eigenvalue weighted by Gasteiger charge is -2.31. The molecule has 148 valence electrons. The number of hydrogen-bond donors (Lipinski definition) is 2. The smallest absolute Gasteiger partial charge is 0.162 e. The molecule has 0 fully saturated rings. The largest absolute Gasteiger partial charge is 0.504 e. The predicted octanol–water partition coefficient (Wildman–Crippen LogP) is 5.93. The van der Waals surface area contributed by atoms with Gasteiger partial charge in [-0.2, -0.15) is 0 Å². The van der Waals surface area contributed by atoms with Gasteiger partial charge >= 0.3 is 0 Å².